The van der Waals surface area contributed by atoms with Crippen LogP contribution in [0.2, 0.25) is 0 Å². The molecule has 1 aliphatic heterocycles. The molecule has 1 heterocycles. The molecular weight excluding hydrogens is 150 g/mol. The van der Waals surface area contributed by atoms with Crippen molar-refractivity contribution in [2.24, 2.45) is 5.73 Å². The number of rotatable bonds is 2. The minimum Gasteiger partial charge on any atom is -0.324 e. The van der Waals surface area contributed by atoms with Crippen LogP contribution < -0.4 is 11.1 Å². The third-order valence-electron chi connectivity index (χ3n) is 2.25. The van der Waals surface area contributed by atoms with E-state index < -0.39 is 0 Å². The summed E-state index contributed by atoms with van der Waals surface area (Å²) in [5.74, 6) is 0. The van der Waals surface area contributed by atoms with Crippen molar-refractivity contribution in [2.75, 3.05) is 26.2 Å². The number of hydrogen-bond donors (Lipinski definition) is 2. The number of hydrogen-bond acceptors (Lipinski definition) is 3. The van der Waals surface area contributed by atoms with Crippen molar-refractivity contribution in [3.8, 4) is 0 Å². The molecule has 3 heteroatoms. The zero-order valence-corrected chi connectivity index (χ0v) is 8.43. The Hall–Kier alpha value is -0.120. The Morgan fingerprint density at radius 2 is 2.25 bits per heavy atom. The molecule has 0 amide bonds. The standard InChI is InChI=1S/C9H21N3/c1-8-6-11-4-5-12(8)7-9(2,3)10/h8,11H,4-7,10H2,1-3H3/t8-/m0/s1. The molecule has 1 atom stereocenters. The number of nitrogens with zero attached hydrogens (tertiary/aromatic N) is 1. The second-order valence-corrected chi connectivity index (χ2v) is 4.51. The number of nitrogens with one attached hydrogen (secondary N) is 1. The lowest BCUT2D eigenvalue weighted by Crippen LogP contribution is -2.55. The summed E-state index contributed by atoms with van der Waals surface area (Å²) < 4.78 is 0. The van der Waals surface area contributed by atoms with Crippen LogP contribution >= 0.6 is 0 Å². The summed E-state index contributed by atoms with van der Waals surface area (Å²) >= 11 is 0. The fraction of sp³-hybridized carbons (Fsp3) is 1.00. The molecule has 3 nitrogen and oxygen atoms in total. The summed E-state index contributed by atoms with van der Waals surface area (Å²) in [5.41, 5.74) is 5.90. The van der Waals surface area contributed by atoms with Crippen LogP contribution in [0.25, 0.3) is 0 Å². The highest BCUT2D eigenvalue weighted by Gasteiger charge is 2.22. The molecule has 0 bridgehead atoms. The quantitative estimate of drug-likeness (QED) is 0.615. The molecule has 1 rings (SSSR count). The lowest BCUT2D eigenvalue weighted by atomic mass is 10.0. The Kier molecular flexibility index (Phi) is 3.09. The molecule has 1 saturated heterocycles. The summed E-state index contributed by atoms with van der Waals surface area (Å²) in [6.45, 7) is 10.7. The van der Waals surface area contributed by atoms with Crippen molar-refractivity contribution >= 4 is 0 Å². The molecule has 0 aromatic heterocycles. The van der Waals surface area contributed by atoms with E-state index in [1.807, 2.05) is 0 Å². The summed E-state index contributed by atoms with van der Waals surface area (Å²) in [6, 6.07) is 0.626. The molecule has 72 valence electrons. The SMILES string of the molecule is C[C@H]1CNCCN1CC(C)(C)N. The first kappa shape index (κ1) is 9.96. The van der Waals surface area contributed by atoms with Crippen LogP contribution in [0.4, 0.5) is 0 Å². The van der Waals surface area contributed by atoms with Crippen molar-refractivity contribution < 1.29 is 0 Å². The van der Waals surface area contributed by atoms with Crippen molar-refractivity contribution in [1.82, 2.24) is 10.2 Å². The maximum Gasteiger partial charge on any atom is 0.0226 e. The molecule has 0 aliphatic carbocycles. The van der Waals surface area contributed by atoms with E-state index in [4.69, 9.17) is 5.73 Å². The molecule has 0 unspecified atom stereocenters. The minimum atomic E-state index is -0.0639. The zero-order chi connectivity index (χ0) is 9.19. The van der Waals surface area contributed by atoms with Gasteiger partial charge >= 0.3 is 0 Å². The van der Waals surface area contributed by atoms with Crippen LogP contribution in [0, 0.1) is 0 Å². The zero-order valence-electron chi connectivity index (χ0n) is 8.43. The Labute approximate surface area is 75.3 Å². The van der Waals surface area contributed by atoms with Crippen molar-refractivity contribution in [3.05, 3.63) is 0 Å². The van der Waals surface area contributed by atoms with Gasteiger partial charge in [-0.05, 0) is 20.8 Å². The van der Waals surface area contributed by atoms with Crippen molar-refractivity contribution in [1.29, 1.82) is 0 Å². The molecule has 12 heavy (non-hydrogen) atoms. The second kappa shape index (κ2) is 3.73. The molecule has 0 saturated carbocycles. The van der Waals surface area contributed by atoms with E-state index in [2.05, 4.69) is 31.0 Å². The molecule has 0 spiro atoms. The molecule has 0 aromatic rings. The van der Waals surface area contributed by atoms with Gasteiger partial charge in [0.1, 0.15) is 0 Å². The van der Waals surface area contributed by atoms with Crippen LogP contribution in [-0.4, -0.2) is 42.7 Å². The fourth-order valence-corrected chi connectivity index (χ4v) is 1.64. The minimum absolute atomic E-state index is 0.0639. The normalized spacial score (nSPS) is 27.5. The highest BCUT2D eigenvalue weighted by Crippen LogP contribution is 2.07. The predicted octanol–water partition coefficient (Wildman–Crippen LogP) is 0.0174. The Balaban J connectivity index is 2.39. The first-order valence-electron chi connectivity index (χ1n) is 4.73. The third-order valence-corrected chi connectivity index (χ3v) is 2.25. The van der Waals surface area contributed by atoms with Crippen LogP contribution in [0.1, 0.15) is 20.8 Å². The first-order valence-corrected chi connectivity index (χ1v) is 4.73. The van der Waals surface area contributed by atoms with Gasteiger partial charge in [-0.25, -0.2) is 0 Å². The average molecular weight is 171 g/mol. The molecule has 1 fully saturated rings. The van der Waals surface area contributed by atoms with Gasteiger partial charge in [0.2, 0.25) is 0 Å². The smallest absolute Gasteiger partial charge is 0.0226 e. The van der Waals surface area contributed by atoms with E-state index in [0.717, 1.165) is 26.2 Å². The summed E-state index contributed by atoms with van der Waals surface area (Å²) in [7, 11) is 0. The maximum atomic E-state index is 5.97. The van der Waals surface area contributed by atoms with Crippen LogP contribution in [-0.2, 0) is 0 Å². The molecule has 1 aliphatic rings. The van der Waals surface area contributed by atoms with E-state index >= 15 is 0 Å². The van der Waals surface area contributed by atoms with Crippen molar-refractivity contribution in [3.63, 3.8) is 0 Å². The first-order chi connectivity index (χ1) is 5.49. The van der Waals surface area contributed by atoms with E-state index in [-0.39, 0.29) is 5.54 Å². The van der Waals surface area contributed by atoms with E-state index in [9.17, 15) is 0 Å². The molecule has 0 radical (unpaired) electrons. The van der Waals surface area contributed by atoms with Gasteiger partial charge < -0.3 is 11.1 Å². The van der Waals surface area contributed by atoms with Gasteiger partial charge in [-0.1, -0.05) is 0 Å². The van der Waals surface area contributed by atoms with Gasteiger partial charge in [0.05, 0.1) is 0 Å². The summed E-state index contributed by atoms with van der Waals surface area (Å²) in [6.07, 6.45) is 0. The van der Waals surface area contributed by atoms with Crippen LogP contribution in [0.15, 0.2) is 0 Å². The lowest BCUT2D eigenvalue weighted by Gasteiger charge is -2.37. The van der Waals surface area contributed by atoms with E-state index in [1.54, 1.807) is 0 Å². The maximum absolute atomic E-state index is 5.97. The van der Waals surface area contributed by atoms with Crippen molar-refractivity contribution in [2.45, 2.75) is 32.4 Å². The predicted molar refractivity (Wildman–Crippen MR) is 52.2 cm³/mol. The third kappa shape index (κ3) is 3.09. The van der Waals surface area contributed by atoms with Gasteiger partial charge in [0.25, 0.3) is 0 Å². The molecular formula is C9H21N3. The lowest BCUT2D eigenvalue weighted by molar-refractivity contribution is 0.145. The monoisotopic (exact) mass is 171 g/mol. The Morgan fingerprint density at radius 3 is 2.75 bits per heavy atom. The average Bonchev–Trinajstić information content (AvgIpc) is 1.91. The number of nitrogens with two attached hydrogens (primary N) is 1. The fourth-order valence-electron chi connectivity index (χ4n) is 1.64. The van der Waals surface area contributed by atoms with Gasteiger partial charge in [-0.15, -0.1) is 0 Å². The van der Waals surface area contributed by atoms with Crippen LogP contribution in [0.3, 0.4) is 0 Å². The van der Waals surface area contributed by atoms with E-state index in [0.29, 0.717) is 6.04 Å². The Bertz CT molecular complexity index is 139. The van der Waals surface area contributed by atoms with Gasteiger partial charge in [0.15, 0.2) is 0 Å². The van der Waals surface area contributed by atoms with Crippen LogP contribution in [0.5, 0.6) is 0 Å². The topological polar surface area (TPSA) is 41.3 Å². The molecule has 0 aromatic carbocycles. The Morgan fingerprint density at radius 1 is 1.58 bits per heavy atom. The largest absolute Gasteiger partial charge is 0.324 e. The van der Waals surface area contributed by atoms with Gasteiger partial charge in [0, 0.05) is 37.8 Å². The van der Waals surface area contributed by atoms with Gasteiger partial charge in [-0.2, -0.15) is 0 Å². The van der Waals surface area contributed by atoms with Gasteiger partial charge in [-0.3, -0.25) is 4.90 Å². The summed E-state index contributed by atoms with van der Waals surface area (Å²) in [5, 5.41) is 3.37. The number of piperazine rings is 1. The summed E-state index contributed by atoms with van der Waals surface area (Å²) in [4.78, 5) is 2.45. The highest BCUT2D eigenvalue weighted by molar-refractivity contribution is 4.83. The molecule has 3 N–H and O–H groups in total. The second-order valence-electron chi connectivity index (χ2n) is 4.51. The highest BCUT2D eigenvalue weighted by atomic mass is 15.2. The van der Waals surface area contributed by atoms with E-state index in [1.165, 1.54) is 0 Å².